The number of aryl methyl sites for hydroxylation is 1. The van der Waals surface area contributed by atoms with Crippen LogP contribution < -0.4 is 9.62 Å². The lowest BCUT2D eigenvalue weighted by Gasteiger charge is -2.27. The number of carbonyl (C=O) groups is 1. The van der Waals surface area contributed by atoms with Crippen LogP contribution in [-0.4, -0.2) is 20.9 Å². The number of nitrogens with one attached hydrogen (secondary N) is 1. The second kappa shape index (κ2) is 9.35. The molecule has 0 heterocycles. The second-order valence-electron chi connectivity index (χ2n) is 7.76. The third-order valence-corrected chi connectivity index (χ3v) is 8.01. The highest BCUT2D eigenvalue weighted by Crippen LogP contribution is 2.31. The van der Waals surface area contributed by atoms with Gasteiger partial charge in [0.05, 0.1) is 27.2 Å². The smallest absolute Gasteiger partial charge is 0.264 e. The molecule has 166 valence electrons. The molecular weight excluding hydrogens is 444 g/mol. The predicted molar refractivity (Wildman–Crippen MR) is 128 cm³/mol. The number of sulfonamides is 1. The second-order valence-corrected chi connectivity index (χ2v) is 10.0. The zero-order valence-corrected chi connectivity index (χ0v) is 19.4. The molecule has 7 heteroatoms. The highest BCUT2D eigenvalue weighted by atomic mass is 35.5. The van der Waals surface area contributed by atoms with Gasteiger partial charge in [0, 0.05) is 6.54 Å². The van der Waals surface area contributed by atoms with E-state index in [1.54, 1.807) is 31.2 Å². The quantitative estimate of drug-likeness (QED) is 0.529. The van der Waals surface area contributed by atoms with Crippen molar-refractivity contribution >= 4 is 33.2 Å². The molecule has 5 nitrogen and oxygen atoms in total. The van der Waals surface area contributed by atoms with Crippen LogP contribution in [0.25, 0.3) is 0 Å². The fourth-order valence-electron chi connectivity index (χ4n) is 4.19. The van der Waals surface area contributed by atoms with Gasteiger partial charge in [-0.25, -0.2) is 8.42 Å². The maximum absolute atomic E-state index is 13.4. The van der Waals surface area contributed by atoms with Gasteiger partial charge in [-0.1, -0.05) is 54.1 Å². The number of para-hydroxylation sites is 1. The Bertz CT molecular complexity index is 1230. The number of nitrogens with zero attached hydrogens (tertiary/aromatic N) is 1. The molecular formula is C25H25ClN2O3S. The summed E-state index contributed by atoms with van der Waals surface area (Å²) in [6, 6.07) is 21.1. The summed E-state index contributed by atoms with van der Waals surface area (Å²) >= 11 is 6.32. The van der Waals surface area contributed by atoms with E-state index < -0.39 is 10.0 Å². The van der Waals surface area contributed by atoms with Gasteiger partial charge in [-0.15, -0.1) is 0 Å². The summed E-state index contributed by atoms with van der Waals surface area (Å²) in [5, 5.41) is 3.27. The minimum absolute atomic E-state index is 0.0294. The van der Waals surface area contributed by atoms with Gasteiger partial charge in [-0.2, -0.15) is 0 Å². The molecule has 1 aliphatic carbocycles. The van der Waals surface area contributed by atoms with E-state index in [2.05, 4.69) is 11.4 Å². The van der Waals surface area contributed by atoms with Gasteiger partial charge < -0.3 is 5.32 Å². The molecule has 0 saturated heterocycles. The van der Waals surface area contributed by atoms with Crippen LogP contribution in [0.4, 0.5) is 5.69 Å². The Hall–Kier alpha value is -2.83. The van der Waals surface area contributed by atoms with Gasteiger partial charge >= 0.3 is 0 Å². The van der Waals surface area contributed by atoms with E-state index in [9.17, 15) is 13.2 Å². The fourth-order valence-corrected chi connectivity index (χ4v) is 5.90. The Morgan fingerprint density at radius 3 is 2.53 bits per heavy atom. The highest BCUT2D eigenvalue weighted by Gasteiger charge is 2.27. The number of hydrogen-bond acceptors (Lipinski definition) is 3. The predicted octanol–water partition coefficient (Wildman–Crippen LogP) is 5.36. The van der Waals surface area contributed by atoms with E-state index in [-0.39, 0.29) is 34.0 Å². The highest BCUT2D eigenvalue weighted by molar-refractivity contribution is 7.92. The zero-order valence-electron chi connectivity index (χ0n) is 17.8. The Kier molecular flexibility index (Phi) is 6.53. The molecule has 0 radical (unpaired) electrons. The largest absolute Gasteiger partial charge is 0.345 e. The standard InChI is InChI=1S/C25H25ClN2O3S/c1-2-28(19-11-4-3-5-12-19)32(30,31)20-15-16-23(26)22(17-20)25(29)27-24-14-8-10-18-9-6-7-13-21(18)24/h3-7,9,11-13,15-17,24H,2,8,10,14H2,1H3,(H,27,29). The fraction of sp³-hybridized carbons (Fsp3) is 0.240. The zero-order chi connectivity index (χ0) is 22.7. The van der Waals surface area contributed by atoms with Crippen molar-refractivity contribution in [2.24, 2.45) is 0 Å². The third-order valence-electron chi connectivity index (χ3n) is 5.78. The number of rotatable bonds is 6. The third kappa shape index (κ3) is 4.38. The van der Waals surface area contributed by atoms with Crippen molar-refractivity contribution < 1.29 is 13.2 Å². The topological polar surface area (TPSA) is 66.5 Å². The molecule has 1 amide bonds. The summed E-state index contributed by atoms with van der Waals surface area (Å²) in [5.74, 6) is -0.378. The summed E-state index contributed by atoms with van der Waals surface area (Å²) in [5.41, 5.74) is 3.05. The summed E-state index contributed by atoms with van der Waals surface area (Å²) < 4.78 is 28.0. The Morgan fingerprint density at radius 1 is 1.06 bits per heavy atom. The molecule has 1 aliphatic rings. The Morgan fingerprint density at radius 2 is 1.78 bits per heavy atom. The first-order valence-corrected chi connectivity index (χ1v) is 12.5. The van der Waals surface area contributed by atoms with Gasteiger partial charge in [0.1, 0.15) is 0 Å². The van der Waals surface area contributed by atoms with Crippen molar-refractivity contribution in [1.82, 2.24) is 5.32 Å². The Balaban J connectivity index is 1.64. The van der Waals surface area contributed by atoms with Crippen LogP contribution in [0.5, 0.6) is 0 Å². The first kappa shape index (κ1) is 22.4. The number of amides is 1. The summed E-state index contributed by atoms with van der Waals surface area (Å²) in [6.07, 6.45) is 2.80. The summed E-state index contributed by atoms with van der Waals surface area (Å²) in [7, 11) is -3.86. The number of halogens is 1. The van der Waals surface area contributed by atoms with Crippen LogP contribution in [-0.2, 0) is 16.4 Å². The van der Waals surface area contributed by atoms with Crippen molar-refractivity contribution in [3.63, 3.8) is 0 Å². The monoisotopic (exact) mass is 468 g/mol. The van der Waals surface area contributed by atoms with Gasteiger partial charge in [0.15, 0.2) is 0 Å². The molecule has 0 spiro atoms. The van der Waals surface area contributed by atoms with Crippen LogP contribution in [0.2, 0.25) is 5.02 Å². The molecule has 0 aromatic heterocycles. The van der Waals surface area contributed by atoms with Crippen molar-refractivity contribution in [3.05, 3.63) is 94.5 Å². The average molecular weight is 469 g/mol. The SMILES string of the molecule is CCN(c1ccccc1)S(=O)(=O)c1ccc(Cl)c(C(=O)NC2CCCc3ccccc32)c1. The van der Waals surface area contributed by atoms with E-state index in [4.69, 9.17) is 11.6 Å². The molecule has 1 N–H and O–H groups in total. The van der Waals surface area contributed by atoms with Gasteiger partial charge in [-0.05, 0) is 67.6 Å². The van der Waals surface area contributed by atoms with Crippen LogP contribution in [0, 0.1) is 0 Å². The lowest BCUT2D eigenvalue weighted by molar-refractivity contribution is 0.0932. The molecule has 0 aliphatic heterocycles. The van der Waals surface area contributed by atoms with Gasteiger partial charge in [-0.3, -0.25) is 9.10 Å². The van der Waals surface area contributed by atoms with Crippen molar-refractivity contribution in [2.75, 3.05) is 10.8 Å². The van der Waals surface area contributed by atoms with Crippen molar-refractivity contribution in [2.45, 2.75) is 37.1 Å². The molecule has 3 aromatic rings. The number of hydrogen-bond donors (Lipinski definition) is 1. The van der Waals surface area contributed by atoms with E-state index in [0.717, 1.165) is 24.8 Å². The molecule has 1 unspecified atom stereocenters. The number of benzene rings is 3. The molecule has 32 heavy (non-hydrogen) atoms. The minimum Gasteiger partial charge on any atom is -0.345 e. The first-order chi connectivity index (χ1) is 15.4. The Labute approximate surface area is 194 Å². The first-order valence-electron chi connectivity index (χ1n) is 10.7. The van der Waals surface area contributed by atoms with Crippen molar-refractivity contribution in [3.8, 4) is 0 Å². The van der Waals surface area contributed by atoms with E-state index in [1.165, 1.54) is 28.1 Å². The van der Waals surface area contributed by atoms with Gasteiger partial charge in [0.25, 0.3) is 15.9 Å². The summed E-state index contributed by atoms with van der Waals surface area (Å²) in [6.45, 7) is 2.03. The van der Waals surface area contributed by atoms with Crippen LogP contribution in [0.15, 0.2) is 77.7 Å². The maximum atomic E-state index is 13.4. The molecule has 1 atom stereocenters. The van der Waals surface area contributed by atoms with E-state index in [1.807, 2.05) is 24.3 Å². The number of fused-ring (bicyclic) bond motifs is 1. The summed E-state index contributed by atoms with van der Waals surface area (Å²) in [4.78, 5) is 13.2. The molecule has 0 fully saturated rings. The number of carbonyl (C=O) groups excluding carboxylic acids is 1. The molecule has 4 rings (SSSR count). The van der Waals surface area contributed by atoms with Crippen LogP contribution >= 0.6 is 11.6 Å². The van der Waals surface area contributed by atoms with Crippen LogP contribution in [0.3, 0.4) is 0 Å². The lowest BCUT2D eigenvalue weighted by Crippen LogP contribution is -2.32. The normalized spacial score (nSPS) is 15.6. The lowest BCUT2D eigenvalue weighted by atomic mass is 9.87. The van der Waals surface area contributed by atoms with Gasteiger partial charge in [0.2, 0.25) is 0 Å². The maximum Gasteiger partial charge on any atom is 0.264 e. The van der Waals surface area contributed by atoms with E-state index in [0.29, 0.717) is 5.69 Å². The van der Waals surface area contributed by atoms with Crippen LogP contribution in [0.1, 0.15) is 47.3 Å². The molecule has 0 saturated carbocycles. The number of anilines is 1. The average Bonchev–Trinajstić information content (AvgIpc) is 2.80. The van der Waals surface area contributed by atoms with Crippen molar-refractivity contribution in [1.29, 1.82) is 0 Å². The molecule has 3 aromatic carbocycles. The minimum atomic E-state index is -3.86. The molecule has 0 bridgehead atoms. The van der Waals surface area contributed by atoms with E-state index >= 15 is 0 Å².